The highest BCUT2D eigenvalue weighted by molar-refractivity contribution is 9.09. The number of rotatable bonds is 14. The van der Waals surface area contributed by atoms with Crippen molar-refractivity contribution < 1.29 is 14.3 Å². The lowest BCUT2D eigenvalue weighted by molar-refractivity contribution is -0.121. The van der Waals surface area contributed by atoms with Crippen molar-refractivity contribution in [2.45, 2.75) is 48.3 Å². The quantitative estimate of drug-likeness (QED) is 0.124. The van der Waals surface area contributed by atoms with Crippen molar-refractivity contribution in [2.75, 3.05) is 36.4 Å². The zero-order valence-corrected chi connectivity index (χ0v) is 24.0. The Hall–Kier alpha value is -0.630. The number of alkyl halides is 2. The van der Waals surface area contributed by atoms with Gasteiger partial charge in [0.1, 0.15) is 17.3 Å². The number of halogens is 2. The summed E-state index contributed by atoms with van der Waals surface area (Å²) in [6.45, 7) is 5.35. The van der Waals surface area contributed by atoms with E-state index in [9.17, 15) is 4.79 Å². The van der Waals surface area contributed by atoms with Gasteiger partial charge in [-0.25, -0.2) is 0 Å². The van der Waals surface area contributed by atoms with Gasteiger partial charge in [-0.15, -0.1) is 23.5 Å². The Morgan fingerprint density at radius 1 is 0.812 bits per heavy atom. The van der Waals surface area contributed by atoms with E-state index < -0.39 is 0 Å². The minimum absolute atomic E-state index is 0.194. The number of hydrogen-bond acceptors (Lipinski definition) is 5. The summed E-state index contributed by atoms with van der Waals surface area (Å²) in [6, 6.07) is 12.2. The van der Waals surface area contributed by atoms with Gasteiger partial charge in [0.05, 0.1) is 13.2 Å². The molecule has 0 saturated carbocycles. The Balaban J connectivity index is 2.16. The van der Waals surface area contributed by atoms with E-state index in [-0.39, 0.29) is 17.6 Å². The summed E-state index contributed by atoms with van der Waals surface area (Å²) < 4.78 is 11.8. The topological polar surface area (TPSA) is 35.5 Å². The van der Waals surface area contributed by atoms with Gasteiger partial charge in [0, 0.05) is 32.3 Å². The second kappa shape index (κ2) is 14.6. The molecule has 2 aromatic carbocycles. The van der Waals surface area contributed by atoms with Crippen LogP contribution in [0.3, 0.4) is 0 Å². The molecule has 0 aliphatic heterocycles. The van der Waals surface area contributed by atoms with E-state index in [2.05, 4.69) is 44.0 Å². The number of thioether (sulfide) groups is 2. The number of carbonyl (C=O) groups is 1. The maximum atomic E-state index is 13.3. The van der Waals surface area contributed by atoms with Crippen LogP contribution < -0.4 is 9.47 Å². The first-order chi connectivity index (χ1) is 15.5. The first kappa shape index (κ1) is 27.6. The number of Topliss-reactive ketones (excluding diaryl/α,β-unsaturated/α-hetero) is 1. The van der Waals surface area contributed by atoms with Gasteiger partial charge < -0.3 is 9.47 Å². The van der Waals surface area contributed by atoms with Gasteiger partial charge >= 0.3 is 0 Å². The number of hydrogen-bond donors (Lipinski definition) is 0. The smallest absolute Gasteiger partial charge is 0.147 e. The molecule has 2 atom stereocenters. The van der Waals surface area contributed by atoms with E-state index in [1.165, 1.54) is 0 Å². The predicted molar refractivity (Wildman–Crippen MR) is 146 cm³/mol. The lowest BCUT2D eigenvalue weighted by atomic mass is 9.86. The molecule has 0 bridgehead atoms. The van der Waals surface area contributed by atoms with Crippen LogP contribution in [-0.2, 0) is 4.79 Å². The Bertz CT molecular complexity index is 807. The summed E-state index contributed by atoms with van der Waals surface area (Å²) in [6.07, 6.45) is 5.99. The highest BCUT2D eigenvalue weighted by Gasteiger charge is 2.24. The van der Waals surface area contributed by atoms with Gasteiger partial charge in [0.2, 0.25) is 0 Å². The third-order valence-electron chi connectivity index (χ3n) is 5.30. The summed E-state index contributed by atoms with van der Waals surface area (Å²) in [7, 11) is 0. The number of benzene rings is 2. The summed E-state index contributed by atoms with van der Waals surface area (Å²) in [4.78, 5) is 15.5. The highest BCUT2D eigenvalue weighted by atomic mass is 79.9. The largest absolute Gasteiger partial charge is 0.492 e. The van der Waals surface area contributed by atoms with Crippen LogP contribution in [0.5, 0.6) is 11.5 Å². The van der Waals surface area contributed by atoms with E-state index in [0.29, 0.717) is 13.2 Å². The van der Waals surface area contributed by atoms with Crippen LogP contribution in [0, 0.1) is 0 Å². The molecule has 3 nitrogen and oxygen atoms in total. The molecule has 2 aromatic rings. The van der Waals surface area contributed by atoms with Crippen LogP contribution in [0.15, 0.2) is 46.2 Å². The second-order valence-corrected chi connectivity index (χ2v) is 10.7. The first-order valence-electron chi connectivity index (χ1n) is 10.7. The molecular weight excluding hydrogens is 572 g/mol. The number of carbonyl (C=O) groups excluding carboxylic acids is 1. The lowest BCUT2D eigenvalue weighted by Gasteiger charge is -2.20. The van der Waals surface area contributed by atoms with Crippen molar-refractivity contribution in [3.8, 4) is 11.5 Å². The van der Waals surface area contributed by atoms with Crippen molar-refractivity contribution in [1.29, 1.82) is 0 Å². The zero-order valence-electron chi connectivity index (χ0n) is 19.2. The fourth-order valence-electron chi connectivity index (χ4n) is 3.32. The van der Waals surface area contributed by atoms with Crippen LogP contribution in [0.2, 0.25) is 0 Å². The van der Waals surface area contributed by atoms with E-state index in [1.807, 2.05) is 50.6 Å². The molecule has 2 unspecified atom stereocenters. The van der Waals surface area contributed by atoms with Gasteiger partial charge in [0.25, 0.3) is 0 Å². The van der Waals surface area contributed by atoms with Crippen molar-refractivity contribution in [1.82, 2.24) is 0 Å². The van der Waals surface area contributed by atoms with E-state index >= 15 is 0 Å². The number of ketones is 1. The van der Waals surface area contributed by atoms with Crippen molar-refractivity contribution >= 4 is 61.2 Å². The number of ether oxygens (including phenoxy) is 2. The fraction of sp³-hybridized carbons (Fsp3) is 0.480. The molecule has 0 aliphatic rings. The van der Waals surface area contributed by atoms with Crippen molar-refractivity contribution in [2.24, 2.45) is 0 Å². The first-order valence-corrected chi connectivity index (χ1v) is 15.4. The van der Waals surface area contributed by atoms with E-state index in [0.717, 1.165) is 55.9 Å². The molecule has 0 fully saturated rings. The predicted octanol–water partition coefficient (Wildman–Crippen LogP) is 7.93. The molecule has 0 N–H and O–H groups in total. The summed E-state index contributed by atoms with van der Waals surface area (Å²) in [5.41, 5.74) is 2.05. The van der Waals surface area contributed by atoms with Crippen LogP contribution in [0.1, 0.15) is 49.7 Å². The molecule has 0 spiro atoms. The molecule has 0 aliphatic carbocycles. The van der Waals surface area contributed by atoms with Gasteiger partial charge in [-0.2, -0.15) is 0 Å². The van der Waals surface area contributed by atoms with E-state index in [1.54, 1.807) is 23.5 Å². The van der Waals surface area contributed by atoms with Gasteiger partial charge in [-0.1, -0.05) is 57.8 Å². The van der Waals surface area contributed by atoms with Crippen molar-refractivity contribution in [3.63, 3.8) is 0 Å². The third kappa shape index (κ3) is 7.71. The zero-order chi connectivity index (χ0) is 23.5. The average Bonchev–Trinajstić information content (AvgIpc) is 2.83. The highest BCUT2D eigenvalue weighted by Crippen LogP contribution is 2.36. The van der Waals surface area contributed by atoms with Crippen LogP contribution >= 0.6 is 55.4 Å². The maximum Gasteiger partial charge on any atom is 0.147 e. The summed E-state index contributed by atoms with van der Waals surface area (Å²) in [5, 5.41) is 1.84. The van der Waals surface area contributed by atoms with E-state index in [4.69, 9.17) is 9.47 Å². The minimum Gasteiger partial charge on any atom is -0.492 e. The Kier molecular flexibility index (Phi) is 12.6. The van der Waals surface area contributed by atoms with Gasteiger partial charge in [-0.05, 0) is 60.7 Å². The Morgan fingerprint density at radius 3 is 1.56 bits per heavy atom. The monoisotopic (exact) mass is 602 g/mol. The molecule has 0 aromatic heterocycles. The molecule has 0 amide bonds. The molecule has 0 heterocycles. The van der Waals surface area contributed by atoms with Crippen molar-refractivity contribution in [3.05, 3.63) is 47.5 Å². The van der Waals surface area contributed by atoms with Crippen LogP contribution in [0.4, 0.5) is 0 Å². The molecule has 0 radical (unpaired) electrons. The van der Waals surface area contributed by atoms with Crippen LogP contribution in [-0.4, -0.2) is 42.2 Å². The molecule has 2 rings (SSSR count). The maximum absolute atomic E-state index is 13.3. The average molecular weight is 604 g/mol. The second-order valence-electron chi connectivity index (χ2n) is 7.45. The normalized spacial score (nSPS) is 12.9. The Morgan fingerprint density at radius 2 is 1.22 bits per heavy atom. The van der Waals surface area contributed by atoms with Gasteiger partial charge in [-0.3, -0.25) is 4.79 Å². The summed E-state index contributed by atoms with van der Waals surface area (Å²) >= 11 is 10.2. The fourth-order valence-corrected chi connectivity index (χ4v) is 4.94. The van der Waals surface area contributed by atoms with Gasteiger partial charge in [0.15, 0.2) is 0 Å². The molecule has 32 heavy (non-hydrogen) atoms. The molecular formula is C25H32Br2O3S2. The molecule has 0 saturated heterocycles. The van der Waals surface area contributed by atoms with Crippen LogP contribution in [0.25, 0.3) is 0 Å². The molecule has 7 heteroatoms. The summed E-state index contributed by atoms with van der Waals surface area (Å²) in [5.74, 6) is 1.59. The Labute approximate surface area is 218 Å². The third-order valence-corrected chi connectivity index (χ3v) is 7.94. The minimum atomic E-state index is -0.194. The lowest BCUT2D eigenvalue weighted by Crippen LogP contribution is -2.17. The molecule has 176 valence electrons. The SMILES string of the molecule is CSc1cc(C(C)C(=O)C(C)c2ccc(OCCCBr)c(SC)c2)ccc1OCCCBr. The standard InChI is InChI=1S/C25H32Br2O3S2/c1-17(19-7-9-21(23(15-19)31-3)29-13-5-11-26)25(28)18(2)20-8-10-22(24(16-20)32-4)30-14-6-12-27/h7-10,15-18H,5-6,11-14H2,1-4H3.